The Labute approximate surface area is 119 Å². The Balaban J connectivity index is 1.55. The third kappa shape index (κ3) is 2.54. The largest absolute Gasteiger partial charge is 0.459 e. The first-order chi connectivity index (χ1) is 9.70. The van der Waals surface area contributed by atoms with Gasteiger partial charge in [-0.3, -0.25) is 4.79 Å². The highest BCUT2D eigenvalue weighted by atomic mass is 16.5. The van der Waals surface area contributed by atoms with Gasteiger partial charge < -0.3 is 10.5 Å². The van der Waals surface area contributed by atoms with Crippen LogP contribution in [0.3, 0.4) is 0 Å². The molecule has 0 heterocycles. The number of hydrogen-bond donors (Lipinski definition) is 1. The molecule has 1 fully saturated rings. The molecule has 0 aliphatic heterocycles. The minimum Gasteiger partial charge on any atom is -0.459 e. The topological polar surface area (TPSA) is 52.3 Å². The van der Waals surface area contributed by atoms with Crippen molar-refractivity contribution in [3.8, 4) is 0 Å². The number of esters is 1. The van der Waals surface area contributed by atoms with Gasteiger partial charge in [0.15, 0.2) is 0 Å². The molecule has 1 aromatic carbocycles. The molecule has 3 rings (SSSR count). The van der Waals surface area contributed by atoms with Crippen LogP contribution in [0.1, 0.15) is 18.4 Å². The monoisotopic (exact) mass is 269 g/mol. The molecule has 3 nitrogen and oxygen atoms in total. The van der Waals surface area contributed by atoms with E-state index in [4.69, 9.17) is 10.5 Å². The summed E-state index contributed by atoms with van der Waals surface area (Å²) in [6, 6.07) is 9.68. The van der Waals surface area contributed by atoms with Crippen LogP contribution >= 0.6 is 0 Å². The van der Waals surface area contributed by atoms with E-state index in [2.05, 4.69) is 12.2 Å². The van der Waals surface area contributed by atoms with E-state index in [9.17, 15) is 4.79 Å². The van der Waals surface area contributed by atoms with Crippen molar-refractivity contribution in [2.24, 2.45) is 17.6 Å². The van der Waals surface area contributed by atoms with E-state index in [-0.39, 0.29) is 11.9 Å². The molecule has 0 spiro atoms. The number of benzene rings is 1. The number of allylic oxidation sites excluding steroid dienone is 4. The summed E-state index contributed by atoms with van der Waals surface area (Å²) in [5, 5.41) is 0. The van der Waals surface area contributed by atoms with E-state index in [1.54, 1.807) is 0 Å². The van der Waals surface area contributed by atoms with Crippen LogP contribution in [0.4, 0.5) is 0 Å². The second kappa shape index (κ2) is 5.25. The van der Waals surface area contributed by atoms with Crippen LogP contribution in [0.25, 0.3) is 0 Å². The standard InChI is InChI=1S/C17H19NO2/c18-17(11-15(17)14-9-5-2-6-10-14)16(19)20-12-13-7-3-1-4-8-13/h1-9,14-15H,10-12,18H2. The summed E-state index contributed by atoms with van der Waals surface area (Å²) in [5.74, 6) is 0.315. The molecule has 3 atom stereocenters. The van der Waals surface area contributed by atoms with Crippen molar-refractivity contribution in [3.63, 3.8) is 0 Å². The molecule has 2 aliphatic carbocycles. The molecule has 1 aromatic rings. The van der Waals surface area contributed by atoms with E-state index in [1.165, 1.54) is 0 Å². The Hall–Kier alpha value is -1.87. The molecule has 2 N–H and O–H groups in total. The predicted molar refractivity (Wildman–Crippen MR) is 77.7 cm³/mol. The number of rotatable bonds is 4. The lowest BCUT2D eigenvalue weighted by Crippen LogP contribution is -2.38. The van der Waals surface area contributed by atoms with Gasteiger partial charge in [-0.2, -0.15) is 0 Å². The Morgan fingerprint density at radius 2 is 2.10 bits per heavy atom. The normalized spacial score (nSPS) is 31.1. The first-order valence-corrected chi connectivity index (χ1v) is 7.03. The molecule has 0 amide bonds. The van der Waals surface area contributed by atoms with Crippen LogP contribution in [0.5, 0.6) is 0 Å². The zero-order chi connectivity index (χ0) is 14.0. The van der Waals surface area contributed by atoms with Gasteiger partial charge in [0.2, 0.25) is 0 Å². The van der Waals surface area contributed by atoms with Crippen molar-refractivity contribution in [2.45, 2.75) is 25.0 Å². The average molecular weight is 269 g/mol. The molecule has 0 radical (unpaired) electrons. The highest BCUT2D eigenvalue weighted by Gasteiger charge is 2.60. The zero-order valence-corrected chi connectivity index (χ0v) is 11.4. The van der Waals surface area contributed by atoms with Crippen molar-refractivity contribution in [3.05, 3.63) is 60.2 Å². The lowest BCUT2D eigenvalue weighted by Gasteiger charge is -2.16. The second-order valence-corrected chi connectivity index (χ2v) is 5.63. The van der Waals surface area contributed by atoms with Gasteiger partial charge in [-0.1, -0.05) is 54.6 Å². The van der Waals surface area contributed by atoms with E-state index < -0.39 is 5.54 Å². The minimum absolute atomic E-state index is 0.215. The lowest BCUT2D eigenvalue weighted by molar-refractivity contribution is -0.148. The van der Waals surface area contributed by atoms with Gasteiger partial charge in [-0.15, -0.1) is 0 Å². The molecule has 20 heavy (non-hydrogen) atoms. The van der Waals surface area contributed by atoms with E-state index in [0.29, 0.717) is 12.5 Å². The SMILES string of the molecule is NC1(C(=O)OCc2ccccc2)CC1C1C=CC=CC1. The molecule has 2 aliphatic rings. The minimum atomic E-state index is -0.783. The first kappa shape index (κ1) is 13.1. The van der Waals surface area contributed by atoms with Gasteiger partial charge in [0.05, 0.1) is 0 Å². The van der Waals surface area contributed by atoms with Crippen molar-refractivity contribution in [1.82, 2.24) is 0 Å². The number of nitrogens with two attached hydrogens (primary N) is 1. The predicted octanol–water partition coefficient (Wildman–Crippen LogP) is 2.58. The number of carbonyl (C=O) groups is 1. The maximum absolute atomic E-state index is 12.2. The third-order valence-electron chi connectivity index (χ3n) is 4.18. The summed E-state index contributed by atoms with van der Waals surface area (Å²) in [6.45, 7) is 0.297. The molecule has 3 heteroatoms. The lowest BCUT2D eigenvalue weighted by atomic mass is 9.93. The van der Waals surface area contributed by atoms with Crippen LogP contribution in [0, 0.1) is 11.8 Å². The molecule has 3 unspecified atom stereocenters. The molecular weight excluding hydrogens is 250 g/mol. The first-order valence-electron chi connectivity index (χ1n) is 7.03. The van der Waals surface area contributed by atoms with E-state index in [1.807, 2.05) is 42.5 Å². The average Bonchev–Trinajstić information content (AvgIpc) is 3.20. The highest BCUT2D eigenvalue weighted by Crippen LogP contribution is 2.49. The van der Waals surface area contributed by atoms with Crippen molar-refractivity contribution < 1.29 is 9.53 Å². The molecule has 0 aromatic heterocycles. The van der Waals surface area contributed by atoms with E-state index >= 15 is 0 Å². The van der Waals surface area contributed by atoms with Crippen molar-refractivity contribution >= 4 is 5.97 Å². The number of hydrogen-bond acceptors (Lipinski definition) is 3. The maximum atomic E-state index is 12.2. The molecule has 0 saturated heterocycles. The Bertz CT molecular complexity index is 549. The summed E-state index contributed by atoms with van der Waals surface area (Å²) >= 11 is 0. The second-order valence-electron chi connectivity index (χ2n) is 5.63. The van der Waals surface area contributed by atoms with Crippen LogP contribution in [-0.4, -0.2) is 11.5 Å². The molecule has 104 valence electrons. The van der Waals surface area contributed by atoms with Gasteiger partial charge in [0, 0.05) is 0 Å². The van der Waals surface area contributed by atoms with Gasteiger partial charge in [-0.05, 0) is 30.2 Å². The van der Waals surface area contributed by atoms with Gasteiger partial charge in [0.25, 0.3) is 0 Å². The number of ether oxygens (including phenoxy) is 1. The van der Waals surface area contributed by atoms with Gasteiger partial charge >= 0.3 is 5.97 Å². The zero-order valence-electron chi connectivity index (χ0n) is 11.4. The Morgan fingerprint density at radius 1 is 1.30 bits per heavy atom. The summed E-state index contributed by atoms with van der Waals surface area (Å²) in [5.41, 5.74) is 6.40. The van der Waals surface area contributed by atoms with Gasteiger partial charge in [-0.25, -0.2) is 0 Å². The van der Waals surface area contributed by atoms with Crippen LogP contribution in [0.15, 0.2) is 54.6 Å². The smallest absolute Gasteiger partial charge is 0.326 e. The fourth-order valence-electron chi connectivity index (χ4n) is 2.83. The third-order valence-corrected chi connectivity index (χ3v) is 4.18. The quantitative estimate of drug-likeness (QED) is 0.855. The van der Waals surface area contributed by atoms with Crippen LogP contribution in [-0.2, 0) is 16.1 Å². The van der Waals surface area contributed by atoms with Crippen LogP contribution in [0.2, 0.25) is 0 Å². The summed E-state index contributed by atoms with van der Waals surface area (Å²) < 4.78 is 5.37. The van der Waals surface area contributed by atoms with E-state index in [0.717, 1.165) is 18.4 Å². The summed E-state index contributed by atoms with van der Waals surface area (Å²) in [4.78, 5) is 12.2. The fourth-order valence-corrected chi connectivity index (χ4v) is 2.83. The molecule has 1 saturated carbocycles. The molecule has 0 bridgehead atoms. The molecular formula is C17H19NO2. The Kier molecular flexibility index (Phi) is 3.45. The summed E-state index contributed by atoms with van der Waals surface area (Å²) in [6.07, 6.45) is 10.0. The van der Waals surface area contributed by atoms with Crippen molar-refractivity contribution in [2.75, 3.05) is 0 Å². The Morgan fingerprint density at radius 3 is 2.80 bits per heavy atom. The number of carbonyl (C=O) groups excluding carboxylic acids is 1. The fraction of sp³-hybridized carbons (Fsp3) is 0.353. The van der Waals surface area contributed by atoms with Crippen LogP contribution < -0.4 is 5.73 Å². The highest BCUT2D eigenvalue weighted by molar-refractivity contribution is 5.85. The van der Waals surface area contributed by atoms with Gasteiger partial charge in [0.1, 0.15) is 12.1 Å². The summed E-state index contributed by atoms with van der Waals surface area (Å²) in [7, 11) is 0. The maximum Gasteiger partial charge on any atom is 0.326 e. The van der Waals surface area contributed by atoms with Crippen molar-refractivity contribution in [1.29, 1.82) is 0 Å².